The van der Waals surface area contributed by atoms with E-state index in [1.54, 1.807) is 14.1 Å². The molecule has 1 aromatic rings. The van der Waals surface area contributed by atoms with E-state index in [1.807, 2.05) is 0 Å². The number of carbonyl (C=O) groups is 3. The second-order valence-electron chi connectivity index (χ2n) is 8.34. The average molecular weight is 378 g/mol. The lowest BCUT2D eigenvalue weighted by molar-refractivity contribution is -0.137. The Hall–Kier alpha value is -2.45. The molecule has 0 saturated heterocycles. The lowest BCUT2D eigenvalue weighted by atomic mass is 9.69. The van der Waals surface area contributed by atoms with Crippen LogP contribution in [-0.2, 0) is 20.9 Å². The molecule has 0 radical (unpaired) electrons. The Morgan fingerprint density at radius 2 is 1.85 bits per heavy atom. The van der Waals surface area contributed by atoms with Crippen molar-refractivity contribution in [1.29, 1.82) is 0 Å². The van der Waals surface area contributed by atoms with E-state index < -0.39 is 11.8 Å². The van der Waals surface area contributed by atoms with Crippen LogP contribution >= 0.6 is 0 Å². The molecule has 150 valence electrons. The van der Waals surface area contributed by atoms with E-state index in [0.29, 0.717) is 5.92 Å². The van der Waals surface area contributed by atoms with Crippen LogP contribution < -0.4 is 10.6 Å². The Morgan fingerprint density at radius 1 is 1.19 bits per heavy atom. The lowest BCUT2D eigenvalue weighted by Crippen LogP contribution is -2.49. The maximum Gasteiger partial charge on any atom is 0.316 e. The largest absolute Gasteiger partial charge is 0.347 e. The summed E-state index contributed by atoms with van der Waals surface area (Å²) in [5.41, 5.74) is 0.0636. The second kappa shape index (κ2) is 8.49. The number of rotatable bonds is 4. The van der Waals surface area contributed by atoms with Crippen LogP contribution in [0.1, 0.15) is 46.5 Å². The molecule has 1 heterocycles. The maximum atomic E-state index is 12.3. The highest BCUT2D eigenvalue weighted by atomic mass is 16.2. The number of carbonyl (C=O) groups excluding carboxylic acids is 3. The van der Waals surface area contributed by atoms with Crippen molar-refractivity contribution in [2.75, 3.05) is 19.4 Å². The van der Waals surface area contributed by atoms with Gasteiger partial charge in [0.15, 0.2) is 0 Å². The molecule has 2 rings (SSSR count). The van der Waals surface area contributed by atoms with Crippen LogP contribution in [0, 0.1) is 11.3 Å². The number of nitrogens with one attached hydrogen (secondary N) is 2. The zero-order valence-corrected chi connectivity index (χ0v) is 16.8. The van der Waals surface area contributed by atoms with E-state index in [1.165, 1.54) is 15.9 Å². The van der Waals surface area contributed by atoms with Crippen molar-refractivity contribution < 1.29 is 14.4 Å². The number of nitrogens with zero attached hydrogens (tertiary/aromatic N) is 4. The molecular formula is C18H30N6O3. The second-order valence-corrected chi connectivity index (χ2v) is 8.34. The number of anilines is 1. The summed E-state index contributed by atoms with van der Waals surface area (Å²) in [5, 5.41) is 9.27. The molecule has 1 aromatic heterocycles. The van der Waals surface area contributed by atoms with Crippen LogP contribution in [0.15, 0.2) is 6.33 Å². The van der Waals surface area contributed by atoms with Crippen molar-refractivity contribution in [3.8, 4) is 0 Å². The van der Waals surface area contributed by atoms with Gasteiger partial charge in [0.05, 0.1) is 0 Å². The fourth-order valence-electron chi connectivity index (χ4n) is 3.44. The number of hydrogen-bond acceptors (Lipinski definition) is 5. The highest BCUT2D eigenvalue weighted by Crippen LogP contribution is 2.37. The molecule has 1 saturated carbocycles. The first kappa shape index (κ1) is 20.9. The number of amides is 3. The van der Waals surface area contributed by atoms with Gasteiger partial charge < -0.3 is 10.2 Å². The molecule has 0 bridgehead atoms. The van der Waals surface area contributed by atoms with E-state index in [9.17, 15) is 14.4 Å². The third-order valence-electron chi connectivity index (χ3n) is 4.96. The first-order chi connectivity index (χ1) is 12.6. The van der Waals surface area contributed by atoms with E-state index in [4.69, 9.17) is 0 Å². The minimum atomic E-state index is -0.801. The molecular weight excluding hydrogens is 348 g/mol. The van der Waals surface area contributed by atoms with Crippen molar-refractivity contribution in [2.45, 2.75) is 59.0 Å². The summed E-state index contributed by atoms with van der Waals surface area (Å²) in [4.78, 5) is 41.5. The summed E-state index contributed by atoms with van der Waals surface area (Å²) in [7, 11) is 3.28. The van der Waals surface area contributed by atoms with Crippen molar-refractivity contribution in [1.82, 2.24) is 25.0 Å². The van der Waals surface area contributed by atoms with Crippen LogP contribution in [0.3, 0.4) is 0 Å². The van der Waals surface area contributed by atoms with Crippen molar-refractivity contribution in [2.24, 2.45) is 11.3 Å². The summed E-state index contributed by atoms with van der Waals surface area (Å²) >= 11 is 0. The molecule has 1 aliphatic carbocycles. The first-order valence-corrected chi connectivity index (χ1v) is 9.29. The highest BCUT2D eigenvalue weighted by Gasteiger charge is 2.35. The standard InChI is InChI=1S/C18H30N6O3/c1-18(2,3)12-8-6-7-9-13(12)20-15(26)16(27)21-17-19-11-24(22-17)10-14(25)23(4)5/h11-13H,6-10H2,1-5H3,(H,20,26)(H,21,22,27)/t12-,13+/m1/s1. The van der Waals surface area contributed by atoms with Gasteiger partial charge in [0.2, 0.25) is 11.9 Å². The lowest BCUT2D eigenvalue weighted by Gasteiger charge is -2.40. The SMILES string of the molecule is CN(C)C(=O)Cn1cnc(NC(=O)C(=O)N[C@H]2CCCC[C@H]2C(C)(C)C)n1. The van der Waals surface area contributed by atoms with Crippen molar-refractivity contribution in [3.63, 3.8) is 0 Å². The molecule has 9 nitrogen and oxygen atoms in total. The predicted molar refractivity (Wildman–Crippen MR) is 101 cm³/mol. The fraction of sp³-hybridized carbons (Fsp3) is 0.722. The Kier molecular flexibility index (Phi) is 6.56. The van der Waals surface area contributed by atoms with Crippen LogP contribution in [0.5, 0.6) is 0 Å². The Balaban J connectivity index is 1.93. The summed E-state index contributed by atoms with van der Waals surface area (Å²) in [6, 6.07) is -0.0137. The number of hydrogen-bond donors (Lipinski definition) is 2. The highest BCUT2D eigenvalue weighted by molar-refractivity contribution is 6.39. The summed E-state index contributed by atoms with van der Waals surface area (Å²) < 4.78 is 1.31. The average Bonchev–Trinajstić information content (AvgIpc) is 3.01. The minimum Gasteiger partial charge on any atom is -0.347 e. The predicted octanol–water partition coefficient (Wildman–Crippen LogP) is 1.03. The molecule has 0 unspecified atom stereocenters. The van der Waals surface area contributed by atoms with Gasteiger partial charge in [-0.05, 0) is 24.2 Å². The molecule has 1 fully saturated rings. The third-order valence-corrected chi connectivity index (χ3v) is 4.96. The van der Waals surface area contributed by atoms with Gasteiger partial charge in [-0.2, -0.15) is 0 Å². The molecule has 2 N–H and O–H groups in total. The van der Waals surface area contributed by atoms with Gasteiger partial charge in [-0.3, -0.25) is 19.7 Å². The zero-order chi connectivity index (χ0) is 20.2. The van der Waals surface area contributed by atoms with E-state index in [2.05, 4.69) is 41.5 Å². The normalized spacial score (nSPS) is 20.0. The van der Waals surface area contributed by atoms with Crippen molar-refractivity contribution >= 4 is 23.7 Å². The van der Waals surface area contributed by atoms with Gasteiger partial charge in [-0.15, -0.1) is 5.10 Å². The molecule has 3 amide bonds. The Morgan fingerprint density at radius 3 is 2.48 bits per heavy atom. The maximum absolute atomic E-state index is 12.3. The molecule has 2 atom stereocenters. The number of aromatic nitrogens is 3. The van der Waals surface area contributed by atoms with Gasteiger partial charge in [-0.25, -0.2) is 9.67 Å². The van der Waals surface area contributed by atoms with Crippen molar-refractivity contribution in [3.05, 3.63) is 6.33 Å². The molecule has 27 heavy (non-hydrogen) atoms. The third kappa shape index (κ3) is 5.77. The van der Waals surface area contributed by atoms with E-state index in [-0.39, 0.29) is 29.9 Å². The van der Waals surface area contributed by atoms with E-state index >= 15 is 0 Å². The Labute approximate surface area is 159 Å². The van der Waals surface area contributed by atoms with Crippen LogP contribution in [0.2, 0.25) is 0 Å². The quantitative estimate of drug-likeness (QED) is 0.761. The van der Waals surface area contributed by atoms with Gasteiger partial charge in [0, 0.05) is 20.1 Å². The van der Waals surface area contributed by atoms with Gasteiger partial charge in [0.1, 0.15) is 12.9 Å². The molecule has 9 heteroatoms. The molecule has 1 aliphatic rings. The van der Waals surface area contributed by atoms with Crippen LogP contribution in [0.4, 0.5) is 5.95 Å². The molecule has 0 aliphatic heterocycles. The summed E-state index contributed by atoms with van der Waals surface area (Å²) in [6.45, 7) is 6.49. The summed E-state index contributed by atoms with van der Waals surface area (Å²) in [5.74, 6) is -1.31. The van der Waals surface area contributed by atoms with Crippen LogP contribution in [-0.4, -0.2) is 57.5 Å². The minimum absolute atomic E-state index is 0.00211. The molecule has 0 aromatic carbocycles. The Bertz CT molecular complexity index is 692. The topological polar surface area (TPSA) is 109 Å². The van der Waals surface area contributed by atoms with Gasteiger partial charge in [-0.1, -0.05) is 33.6 Å². The van der Waals surface area contributed by atoms with E-state index in [0.717, 1.165) is 25.7 Å². The van der Waals surface area contributed by atoms with Gasteiger partial charge in [0.25, 0.3) is 0 Å². The summed E-state index contributed by atoms with van der Waals surface area (Å²) in [6.07, 6.45) is 5.45. The zero-order valence-electron chi connectivity index (χ0n) is 16.8. The first-order valence-electron chi connectivity index (χ1n) is 9.29. The van der Waals surface area contributed by atoms with Crippen LogP contribution in [0.25, 0.3) is 0 Å². The monoisotopic (exact) mass is 378 g/mol. The number of likely N-dealkylation sites (N-methyl/N-ethyl adjacent to an activating group) is 1. The van der Waals surface area contributed by atoms with Gasteiger partial charge >= 0.3 is 11.8 Å². The molecule has 0 spiro atoms. The fourth-order valence-corrected chi connectivity index (χ4v) is 3.44. The smallest absolute Gasteiger partial charge is 0.316 e.